The smallest absolute Gasteiger partial charge is 0.141 e. The normalized spacial score (nSPS) is 11.6. The number of halogens is 2. The van der Waals surface area contributed by atoms with Gasteiger partial charge in [0, 0.05) is 17.1 Å². The van der Waals surface area contributed by atoms with Gasteiger partial charge in [0.05, 0.1) is 23.2 Å². The molecule has 0 bridgehead atoms. The Hall–Kier alpha value is -3.49. The summed E-state index contributed by atoms with van der Waals surface area (Å²) in [5, 5.41) is 19.9. The van der Waals surface area contributed by atoms with Crippen LogP contribution in [0.2, 0.25) is 0 Å². The van der Waals surface area contributed by atoms with E-state index in [2.05, 4.69) is 0 Å². The summed E-state index contributed by atoms with van der Waals surface area (Å²) in [6.07, 6.45) is 1.83. The lowest BCUT2D eigenvalue weighted by molar-refractivity contribution is 0.0628. The van der Waals surface area contributed by atoms with Crippen LogP contribution < -0.4 is 0 Å². The molecule has 0 saturated carbocycles. The second-order valence-electron chi connectivity index (χ2n) is 8.00. The van der Waals surface area contributed by atoms with Crippen LogP contribution in [0.4, 0.5) is 8.78 Å². The lowest BCUT2D eigenvalue weighted by atomic mass is 9.93. The number of aliphatic hydroxyl groups is 1. The summed E-state index contributed by atoms with van der Waals surface area (Å²) in [4.78, 5) is 0. The van der Waals surface area contributed by atoms with E-state index in [4.69, 9.17) is 5.26 Å². The number of nitriles is 1. The number of hydrogen-bond donors (Lipinski definition) is 1. The number of nitrogens with zero attached hydrogens (tertiary/aromatic N) is 2. The summed E-state index contributed by atoms with van der Waals surface area (Å²) in [6, 6.07) is 18.5. The fraction of sp³-hybridized carbons (Fsp3) is 0.160. The van der Waals surface area contributed by atoms with E-state index in [1.54, 1.807) is 38.1 Å². The Morgan fingerprint density at radius 3 is 2.33 bits per heavy atom. The summed E-state index contributed by atoms with van der Waals surface area (Å²) < 4.78 is 31.2. The molecule has 4 aromatic rings. The van der Waals surface area contributed by atoms with Crippen molar-refractivity contribution in [2.45, 2.75) is 26.0 Å². The Bertz CT molecular complexity index is 1290. The molecule has 30 heavy (non-hydrogen) atoms. The van der Waals surface area contributed by atoms with Gasteiger partial charge in [0.1, 0.15) is 17.7 Å². The molecule has 0 amide bonds. The van der Waals surface area contributed by atoms with E-state index in [-0.39, 0.29) is 5.56 Å². The van der Waals surface area contributed by atoms with E-state index in [0.29, 0.717) is 34.3 Å². The van der Waals surface area contributed by atoms with Crippen LogP contribution in [0.5, 0.6) is 0 Å². The van der Waals surface area contributed by atoms with Crippen molar-refractivity contribution < 1.29 is 13.9 Å². The zero-order valence-corrected chi connectivity index (χ0v) is 16.7. The fourth-order valence-electron chi connectivity index (χ4n) is 3.72. The van der Waals surface area contributed by atoms with Crippen molar-refractivity contribution in [2.75, 3.05) is 0 Å². The molecule has 1 N–H and O–H groups in total. The van der Waals surface area contributed by atoms with Gasteiger partial charge < -0.3 is 9.67 Å². The quantitative estimate of drug-likeness (QED) is 0.462. The van der Waals surface area contributed by atoms with Crippen molar-refractivity contribution in [3.63, 3.8) is 0 Å². The van der Waals surface area contributed by atoms with Crippen LogP contribution in [-0.2, 0) is 6.54 Å². The number of hydrogen-bond acceptors (Lipinski definition) is 2. The molecule has 0 atom stereocenters. The second-order valence-corrected chi connectivity index (χ2v) is 8.00. The average molecular weight is 402 g/mol. The molecular weight excluding hydrogens is 382 g/mol. The minimum atomic E-state index is -0.923. The van der Waals surface area contributed by atoms with Gasteiger partial charge in [-0.05, 0) is 60.9 Å². The molecule has 150 valence electrons. The Labute approximate surface area is 173 Å². The number of aromatic nitrogens is 1. The predicted octanol–water partition coefficient (Wildman–Crippen LogP) is 5.90. The van der Waals surface area contributed by atoms with Gasteiger partial charge in [-0.15, -0.1) is 0 Å². The first-order valence-corrected chi connectivity index (χ1v) is 9.57. The van der Waals surface area contributed by atoms with Crippen LogP contribution in [0, 0.1) is 23.0 Å². The first-order valence-electron chi connectivity index (χ1n) is 9.57. The third-order valence-corrected chi connectivity index (χ3v) is 5.03. The molecule has 0 unspecified atom stereocenters. The van der Waals surface area contributed by atoms with E-state index in [1.165, 1.54) is 18.2 Å². The van der Waals surface area contributed by atoms with Crippen molar-refractivity contribution in [1.82, 2.24) is 4.57 Å². The molecule has 1 heterocycles. The molecule has 3 nitrogen and oxygen atoms in total. The van der Waals surface area contributed by atoms with Gasteiger partial charge in [0.25, 0.3) is 0 Å². The van der Waals surface area contributed by atoms with Gasteiger partial charge in [-0.1, -0.05) is 30.3 Å². The van der Waals surface area contributed by atoms with E-state index in [1.807, 2.05) is 35.0 Å². The monoisotopic (exact) mass is 402 g/mol. The summed E-state index contributed by atoms with van der Waals surface area (Å²) in [7, 11) is 0. The lowest BCUT2D eigenvalue weighted by Crippen LogP contribution is -2.25. The molecule has 1 aromatic heterocycles. The first-order chi connectivity index (χ1) is 14.3. The Morgan fingerprint density at radius 2 is 1.67 bits per heavy atom. The minimum Gasteiger partial charge on any atom is -0.389 e. The van der Waals surface area contributed by atoms with Crippen LogP contribution >= 0.6 is 0 Å². The second kappa shape index (κ2) is 7.40. The predicted molar refractivity (Wildman–Crippen MR) is 114 cm³/mol. The zero-order valence-electron chi connectivity index (χ0n) is 16.7. The highest BCUT2D eigenvalue weighted by molar-refractivity contribution is 5.90. The fourth-order valence-corrected chi connectivity index (χ4v) is 3.72. The standard InChI is InChI=1S/C25H20F2N2O/c1-25(2,30)15-29-10-9-17-11-21(23(27)13-24(17)29)20-6-4-3-5-19(20)16-7-8-18(14-28)22(26)12-16/h3-13,30H,15H2,1-2H3. The average Bonchev–Trinajstić information content (AvgIpc) is 3.07. The van der Waals surface area contributed by atoms with Crippen molar-refractivity contribution in [3.8, 4) is 28.3 Å². The molecule has 0 aliphatic rings. The summed E-state index contributed by atoms with van der Waals surface area (Å²) in [5.74, 6) is -1.01. The van der Waals surface area contributed by atoms with Crippen molar-refractivity contribution in [2.24, 2.45) is 0 Å². The Morgan fingerprint density at radius 1 is 0.933 bits per heavy atom. The zero-order chi connectivity index (χ0) is 21.5. The molecule has 0 fully saturated rings. The van der Waals surface area contributed by atoms with Crippen LogP contribution in [0.1, 0.15) is 19.4 Å². The highest BCUT2D eigenvalue weighted by Crippen LogP contribution is 2.36. The van der Waals surface area contributed by atoms with Crippen LogP contribution in [0.25, 0.3) is 33.2 Å². The maximum absolute atomic E-state index is 15.2. The molecule has 0 spiro atoms. The molecule has 5 heteroatoms. The molecule has 0 aliphatic carbocycles. The highest BCUT2D eigenvalue weighted by Gasteiger charge is 2.18. The maximum atomic E-state index is 15.2. The number of rotatable bonds is 4. The first kappa shape index (κ1) is 19.8. The van der Waals surface area contributed by atoms with Gasteiger partial charge in [-0.3, -0.25) is 0 Å². The molecule has 0 saturated heterocycles. The van der Waals surface area contributed by atoms with Crippen molar-refractivity contribution in [3.05, 3.63) is 84.1 Å². The van der Waals surface area contributed by atoms with E-state index in [9.17, 15) is 9.50 Å². The molecular formula is C25H20F2N2O. The van der Waals surface area contributed by atoms with Crippen LogP contribution in [-0.4, -0.2) is 15.3 Å². The van der Waals surface area contributed by atoms with Crippen molar-refractivity contribution in [1.29, 1.82) is 5.26 Å². The number of fused-ring (bicyclic) bond motifs is 1. The summed E-state index contributed by atoms with van der Waals surface area (Å²) in [5.41, 5.74) is 2.03. The topological polar surface area (TPSA) is 49.0 Å². The van der Waals surface area contributed by atoms with Crippen LogP contribution in [0.15, 0.2) is 66.9 Å². The molecule has 0 aliphatic heterocycles. The third kappa shape index (κ3) is 3.70. The maximum Gasteiger partial charge on any atom is 0.141 e. The van der Waals surface area contributed by atoms with Gasteiger partial charge in [-0.2, -0.15) is 5.26 Å². The number of benzene rings is 3. The lowest BCUT2D eigenvalue weighted by Gasteiger charge is -2.19. The van der Waals surface area contributed by atoms with Gasteiger partial charge in [-0.25, -0.2) is 8.78 Å². The largest absolute Gasteiger partial charge is 0.389 e. The minimum absolute atomic E-state index is 0.0306. The SMILES string of the molecule is CC(C)(O)Cn1ccc2cc(-c3ccccc3-c3ccc(C#N)c(F)c3)c(F)cc21. The Kier molecular flexibility index (Phi) is 4.89. The van der Waals surface area contributed by atoms with Crippen LogP contribution in [0.3, 0.4) is 0 Å². The molecule has 0 radical (unpaired) electrons. The summed E-state index contributed by atoms with van der Waals surface area (Å²) in [6.45, 7) is 3.75. The van der Waals surface area contributed by atoms with Gasteiger partial charge in [0.15, 0.2) is 0 Å². The van der Waals surface area contributed by atoms with Gasteiger partial charge in [0.2, 0.25) is 0 Å². The summed E-state index contributed by atoms with van der Waals surface area (Å²) >= 11 is 0. The van der Waals surface area contributed by atoms with E-state index in [0.717, 1.165) is 5.39 Å². The van der Waals surface area contributed by atoms with Gasteiger partial charge >= 0.3 is 0 Å². The highest BCUT2D eigenvalue weighted by atomic mass is 19.1. The van der Waals surface area contributed by atoms with E-state index >= 15 is 4.39 Å². The molecule has 3 aromatic carbocycles. The third-order valence-electron chi connectivity index (χ3n) is 5.03. The van der Waals surface area contributed by atoms with E-state index < -0.39 is 17.2 Å². The van der Waals surface area contributed by atoms with Crippen molar-refractivity contribution >= 4 is 10.9 Å². The Balaban J connectivity index is 1.85. The molecule has 4 rings (SSSR count).